The van der Waals surface area contributed by atoms with Gasteiger partial charge in [-0.2, -0.15) is 0 Å². The second kappa shape index (κ2) is 31.0. The van der Waals surface area contributed by atoms with E-state index in [0.29, 0.717) is 24.0 Å². The van der Waals surface area contributed by atoms with Crippen LogP contribution in [0.4, 0.5) is 0 Å². The van der Waals surface area contributed by atoms with Crippen LogP contribution in [0.2, 0.25) is 0 Å². The SMILES string of the molecule is CC(C)C[C@@H]1NC(=O)[C@H](CCCN=C(N)N)NC(=O)[C@H](C(C)C)NC(=O)[C@@H]2CCCN2C(=O)[C@@H](Cc2ccccc2)NC(=O)[C@H](C)NC(=O)[C@H](CC(C)C)NC(=O)[C@H](C(C)C)NC(=O)[C@@H]2CCCN2C(=O)[C@@H](Cc2ccccc2)NC1=O. The molecule has 450 valence electrons. The fourth-order valence-electron chi connectivity index (χ4n) is 10.6. The molecule has 5 rings (SSSR count). The van der Waals surface area contributed by atoms with Crippen LogP contribution in [-0.4, -0.2) is 155 Å². The van der Waals surface area contributed by atoms with Crippen LogP contribution >= 0.6 is 0 Å². The summed E-state index contributed by atoms with van der Waals surface area (Å²) >= 11 is 0. The highest BCUT2D eigenvalue weighted by Crippen LogP contribution is 2.23. The number of aliphatic imine (C=N–C) groups is 1. The van der Waals surface area contributed by atoms with E-state index in [1.807, 2.05) is 33.8 Å². The monoisotopic (exact) mass is 1140 g/mol. The number of rotatable bonds is 14. The summed E-state index contributed by atoms with van der Waals surface area (Å²) in [7, 11) is 0. The second-order valence-corrected chi connectivity index (χ2v) is 23.5. The summed E-state index contributed by atoms with van der Waals surface area (Å²) < 4.78 is 0. The first-order valence-electron chi connectivity index (χ1n) is 29.0. The fraction of sp³-hybridized carbons (Fsp3) is 0.610. The predicted octanol–water partition coefficient (Wildman–Crippen LogP) is 0.823. The summed E-state index contributed by atoms with van der Waals surface area (Å²) in [6.45, 7) is 16.2. The molecule has 12 N–H and O–H groups in total. The summed E-state index contributed by atoms with van der Waals surface area (Å²) in [4.78, 5) is 152. The van der Waals surface area contributed by atoms with Gasteiger partial charge in [0.25, 0.3) is 0 Å². The molecule has 82 heavy (non-hydrogen) atoms. The van der Waals surface area contributed by atoms with Crippen LogP contribution in [0, 0.1) is 23.7 Å². The number of nitrogens with one attached hydrogen (secondary N) is 8. The first-order valence-corrected chi connectivity index (χ1v) is 29.0. The van der Waals surface area contributed by atoms with Crippen LogP contribution in [0.5, 0.6) is 0 Å². The molecule has 2 aromatic carbocycles. The zero-order valence-corrected chi connectivity index (χ0v) is 49.1. The molecular weight excluding hydrogens is 1050 g/mol. The Bertz CT molecular complexity index is 2580. The normalized spacial score (nSPS) is 26.5. The molecule has 3 aliphatic rings. The lowest BCUT2D eigenvalue weighted by atomic mass is 9.98. The van der Waals surface area contributed by atoms with E-state index >= 15 is 0 Å². The van der Waals surface area contributed by atoms with Crippen molar-refractivity contribution in [1.29, 1.82) is 0 Å². The second-order valence-electron chi connectivity index (χ2n) is 23.5. The predicted molar refractivity (Wildman–Crippen MR) is 309 cm³/mol. The summed E-state index contributed by atoms with van der Waals surface area (Å²) in [6.07, 6.45) is 1.84. The number of fused-ring (bicyclic) bond motifs is 2. The number of guanidine groups is 1. The number of hydrogen-bond acceptors (Lipinski definition) is 11. The summed E-state index contributed by atoms with van der Waals surface area (Å²) in [6, 6.07) is 6.07. The van der Waals surface area contributed by atoms with Crippen molar-refractivity contribution in [3.05, 3.63) is 71.8 Å². The summed E-state index contributed by atoms with van der Waals surface area (Å²) in [5.41, 5.74) is 12.6. The number of benzene rings is 2. The average Bonchev–Trinajstić information content (AvgIpc) is 4.13. The van der Waals surface area contributed by atoms with E-state index in [1.165, 1.54) is 16.7 Å². The minimum atomic E-state index is -1.29. The Kier molecular flexibility index (Phi) is 24.7. The van der Waals surface area contributed by atoms with Gasteiger partial charge in [0.05, 0.1) is 0 Å². The highest BCUT2D eigenvalue weighted by Gasteiger charge is 2.43. The van der Waals surface area contributed by atoms with E-state index < -0.39 is 131 Å². The summed E-state index contributed by atoms with van der Waals surface area (Å²) in [5.74, 6) is -8.11. The Morgan fingerprint density at radius 2 is 0.866 bits per heavy atom. The molecule has 10 atom stereocenters. The van der Waals surface area contributed by atoms with Gasteiger partial charge in [0.1, 0.15) is 60.4 Å². The van der Waals surface area contributed by atoms with Crippen molar-refractivity contribution >= 4 is 65.0 Å². The van der Waals surface area contributed by atoms with Gasteiger partial charge in [0, 0.05) is 32.5 Å². The molecule has 0 bridgehead atoms. The molecule has 3 saturated heterocycles. The lowest BCUT2D eigenvalue weighted by Crippen LogP contribution is -2.62. The van der Waals surface area contributed by atoms with Crippen molar-refractivity contribution in [3.63, 3.8) is 0 Å². The molecule has 0 saturated carbocycles. The standard InChI is InChI=1S/C59H89N13O10/c1-33(2)29-41-51(75)63-37(9)49(73)67-43(31-38-19-12-10-13-20-38)57(81)71-27-17-24-45(71)53(77)69-47(35(5)6)55(79)64-40(23-16-26-62-59(60)61)50(74)65-42(30-34(3)4)52(76)68-44(32-39-21-14-11-15-22-39)58(82)72-28-18-25-46(72)54(78)70-48(36(7)8)56(80)66-41/h10-15,19-22,33-37,40-48H,16-18,23-32H2,1-9H3,(H,63,75)(H,64,79)(H,65,74)(H,66,80)(H,67,73)(H,68,76)(H,69,77)(H,70,78)(H4,60,61,62)/t37-,40-,41-,42-,43+,44+,45-,46-,47-,48-/m0/s1. The molecule has 10 amide bonds. The molecule has 3 fully saturated rings. The third-order valence-electron chi connectivity index (χ3n) is 15.0. The van der Waals surface area contributed by atoms with Gasteiger partial charge >= 0.3 is 0 Å². The van der Waals surface area contributed by atoms with Crippen molar-refractivity contribution in [2.45, 2.75) is 187 Å². The first kappa shape index (κ1) is 65.2. The largest absolute Gasteiger partial charge is 0.370 e. The van der Waals surface area contributed by atoms with Gasteiger partial charge in [-0.05, 0) is 93.1 Å². The number of carbonyl (C=O) groups is 10. The van der Waals surface area contributed by atoms with Crippen molar-refractivity contribution in [2.24, 2.45) is 40.1 Å². The quantitative estimate of drug-likeness (QED) is 0.0715. The molecule has 0 spiro atoms. The van der Waals surface area contributed by atoms with Crippen LogP contribution in [0.3, 0.4) is 0 Å². The van der Waals surface area contributed by atoms with Crippen molar-refractivity contribution in [1.82, 2.24) is 52.3 Å². The Morgan fingerprint density at radius 3 is 1.28 bits per heavy atom. The van der Waals surface area contributed by atoms with Gasteiger partial charge in [-0.1, -0.05) is 116 Å². The topological polar surface area (TPSA) is 338 Å². The molecule has 3 aliphatic heterocycles. The number of hydrogen-bond donors (Lipinski definition) is 10. The Hall–Kier alpha value is -7.59. The van der Waals surface area contributed by atoms with Crippen molar-refractivity contribution in [3.8, 4) is 0 Å². The molecular formula is C59H89N13O10. The van der Waals surface area contributed by atoms with Crippen LogP contribution < -0.4 is 54.0 Å². The van der Waals surface area contributed by atoms with Crippen molar-refractivity contribution < 1.29 is 47.9 Å². The van der Waals surface area contributed by atoms with Crippen LogP contribution in [0.1, 0.15) is 125 Å². The molecule has 0 radical (unpaired) electrons. The fourth-order valence-corrected chi connectivity index (χ4v) is 10.6. The maximum atomic E-state index is 14.9. The van der Waals surface area contributed by atoms with Gasteiger partial charge in [-0.3, -0.25) is 52.9 Å². The maximum absolute atomic E-state index is 14.9. The Morgan fingerprint density at radius 1 is 0.488 bits per heavy atom. The van der Waals surface area contributed by atoms with Crippen molar-refractivity contribution in [2.75, 3.05) is 19.6 Å². The van der Waals surface area contributed by atoms with Gasteiger partial charge in [-0.15, -0.1) is 0 Å². The highest BCUT2D eigenvalue weighted by molar-refractivity contribution is 6.00. The lowest BCUT2D eigenvalue weighted by Gasteiger charge is -2.32. The minimum absolute atomic E-state index is 0.00373. The van der Waals surface area contributed by atoms with Gasteiger partial charge < -0.3 is 63.8 Å². The average molecular weight is 1140 g/mol. The van der Waals surface area contributed by atoms with E-state index in [4.69, 9.17) is 11.5 Å². The van der Waals surface area contributed by atoms with E-state index in [9.17, 15) is 47.9 Å². The Balaban J connectivity index is 1.57. The molecule has 23 heteroatoms. The first-order chi connectivity index (χ1) is 38.8. The van der Waals surface area contributed by atoms with E-state index in [1.54, 1.807) is 82.3 Å². The van der Waals surface area contributed by atoms with Gasteiger partial charge in [-0.25, -0.2) is 0 Å². The van der Waals surface area contributed by atoms with Gasteiger partial charge in [0.2, 0.25) is 59.1 Å². The zero-order chi connectivity index (χ0) is 60.4. The number of carbonyl (C=O) groups excluding carboxylic acids is 10. The third kappa shape index (κ3) is 19.0. The molecule has 0 aromatic heterocycles. The van der Waals surface area contributed by atoms with E-state index in [2.05, 4.69) is 47.5 Å². The molecule has 0 aliphatic carbocycles. The molecule has 2 aromatic rings. The minimum Gasteiger partial charge on any atom is -0.370 e. The highest BCUT2D eigenvalue weighted by atomic mass is 16.2. The lowest BCUT2D eigenvalue weighted by molar-refractivity contribution is -0.143. The molecule has 0 unspecified atom stereocenters. The molecule has 23 nitrogen and oxygen atoms in total. The Labute approximate surface area is 482 Å². The molecule has 3 heterocycles. The van der Waals surface area contributed by atoms with Crippen LogP contribution in [0.15, 0.2) is 65.7 Å². The van der Waals surface area contributed by atoms with Gasteiger partial charge in [0.15, 0.2) is 5.96 Å². The number of nitrogens with two attached hydrogens (primary N) is 2. The number of amides is 10. The zero-order valence-electron chi connectivity index (χ0n) is 49.1. The maximum Gasteiger partial charge on any atom is 0.246 e. The third-order valence-corrected chi connectivity index (χ3v) is 15.0. The summed E-state index contributed by atoms with van der Waals surface area (Å²) in [5, 5.41) is 22.6. The van der Waals surface area contributed by atoms with Crippen LogP contribution in [0.25, 0.3) is 0 Å². The van der Waals surface area contributed by atoms with E-state index in [-0.39, 0.29) is 88.8 Å². The van der Waals surface area contributed by atoms with E-state index in [0.717, 1.165) is 0 Å². The smallest absolute Gasteiger partial charge is 0.246 e. The van der Waals surface area contributed by atoms with Crippen LogP contribution in [-0.2, 0) is 60.8 Å². The number of nitrogens with zero attached hydrogens (tertiary/aromatic N) is 3.